The molecule has 0 unspecified atom stereocenters. The second kappa shape index (κ2) is 8.92. The highest BCUT2D eigenvalue weighted by molar-refractivity contribution is 9.10. The maximum absolute atomic E-state index is 14.2. The molecule has 0 saturated carbocycles. The van der Waals surface area contributed by atoms with Gasteiger partial charge >= 0.3 is 5.97 Å². The van der Waals surface area contributed by atoms with Crippen LogP contribution in [0.3, 0.4) is 0 Å². The number of benzene rings is 4. The Hall–Kier alpha value is -4.23. The number of imide groups is 1. The van der Waals surface area contributed by atoms with Crippen LogP contribution in [0, 0.1) is 17.8 Å². The van der Waals surface area contributed by atoms with E-state index in [1.54, 1.807) is 31.4 Å². The van der Waals surface area contributed by atoms with Gasteiger partial charge in [0.15, 0.2) is 0 Å². The Balaban J connectivity index is 1.46. The molecule has 4 atom stereocenters. The van der Waals surface area contributed by atoms with E-state index in [4.69, 9.17) is 9.47 Å². The van der Waals surface area contributed by atoms with E-state index in [-0.39, 0.29) is 5.91 Å². The Morgan fingerprint density at radius 3 is 2.38 bits per heavy atom. The number of carbonyl (C=O) groups excluding carboxylic acids is 3. The standard InChI is InChI=1S/C32H22BrNO5/c1-38-21-12-9-18(10-13-21)23-16-24-26-22-8-3-2-5-17(22)11-14-25(26)39-32(37)28(24)29-27(23)30(35)34(31(29)36)20-7-4-6-19(33)15-20/h2-16,23,27-29H,1H3/t23-,27-,28-,29+/m0/s1. The highest BCUT2D eigenvalue weighted by Gasteiger charge is 2.60. The molecule has 6 nitrogen and oxygen atoms in total. The lowest BCUT2D eigenvalue weighted by molar-refractivity contribution is -0.142. The molecule has 2 amide bonds. The number of rotatable bonds is 3. The number of halogens is 1. The Kier molecular flexibility index (Phi) is 5.45. The minimum absolute atomic E-state index is 0.323. The number of hydrogen-bond donors (Lipinski definition) is 0. The largest absolute Gasteiger partial charge is 0.497 e. The van der Waals surface area contributed by atoms with Gasteiger partial charge in [0.1, 0.15) is 11.5 Å². The number of fused-ring (bicyclic) bond motifs is 7. The number of anilines is 1. The number of nitrogens with zero attached hydrogens (tertiary/aromatic N) is 1. The van der Waals surface area contributed by atoms with Crippen molar-refractivity contribution in [2.24, 2.45) is 17.8 Å². The molecule has 2 aliphatic heterocycles. The fourth-order valence-corrected chi connectivity index (χ4v) is 6.74. The van der Waals surface area contributed by atoms with Gasteiger partial charge in [-0.2, -0.15) is 0 Å². The van der Waals surface area contributed by atoms with Crippen LogP contribution in [0.25, 0.3) is 16.3 Å². The number of allylic oxidation sites excluding steroid dienone is 1. The summed E-state index contributed by atoms with van der Waals surface area (Å²) in [5, 5.41) is 1.94. The lowest BCUT2D eigenvalue weighted by atomic mass is 9.64. The summed E-state index contributed by atoms with van der Waals surface area (Å²) >= 11 is 3.45. The van der Waals surface area contributed by atoms with Crippen LogP contribution in [-0.2, 0) is 14.4 Å². The molecular formula is C32H22BrNO5. The van der Waals surface area contributed by atoms with Gasteiger partial charge in [-0.3, -0.25) is 14.4 Å². The van der Waals surface area contributed by atoms with Crippen molar-refractivity contribution in [2.45, 2.75) is 5.92 Å². The molecule has 3 aliphatic rings. The summed E-state index contributed by atoms with van der Waals surface area (Å²) in [5.74, 6) is -3.05. The second-order valence-electron chi connectivity index (χ2n) is 10.0. The molecule has 1 fully saturated rings. The van der Waals surface area contributed by atoms with Crippen LogP contribution in [0.1, 0.15) is 17.0 Å². The van der Waals surface area contributed by atoms with Gasteiger partial charge in [0, 0.05) is 16.0 Å². The molecule has 1 saturated heterocycles. The van der Waals surface area contributed by atoms with E-state index in [1.807, 2.05) is 66.7 Å². The van der Waals surface area contributed by atoms with Crippen LogP contribution in [0.4, 0.5) is 5.69 Å². The van der Waals surface area contributed by atoms with Gasteiger partial charge in [0.25, 0.3) is 0 Å². The van der Waals surface area contributed by atoms with Crippen LogP contribution in [0.2, 0.25) is 0 Å². The van der Waals surface area contributed by atoms with Crippen LogP contribution in [0.15, 0.2) is 95.5 Å². The van der Waals surface area contributed by atoms with E-state index >= 15 is 0 Å². The maximum atomic E-state index is 14.2. The molecule has 0 radical (unpaired) electrons. The molecular weight excluding hydrogens is 558 g/mol. The van der Waals surface area contributed by atoms with E-state index in [0.717, 1.165) is 31.9 Å². The Morgan fingerprint density at radius 2 is 1.62 bits per heavy atom. The normalized spacial score (nSPS) is 23.6. The third-order valence-corrected chi connectivity index (χ3v) is 8.54. The SMILES string of the molecule is COc1ccc([C@@H]2C=C3c4c(ccc5ccccc45)OC(=O)[C@@H]3[C@@H]3C(=O)N(c4cccc(Br)c4)C(=O)[C@H]32)cc1. The Labute approximate surface area is 233 Å². The van der Waals surface area contributed by atoms with Crippen LogP contribution < -0.4 is 14.4 Å². The van der Waals surface area contributed by atoms with Gasteiger partial charge in [-0.05, 0) is 58.3 Å². The summed E-state index contributed by atoms with van der Waals surface area (Å²) in [7, 11) is 1.60. The molecule has 192 valence electrons. The highest BCUT2D eigenvalue weighted by atomic mass is 79.9. The van der Waals surface area contributed by atoms with Crippen molar-refractivity contribution in [1.82, 2.24) is 0 Å². The van der Waals surface area contributed by atoms with Crippen molar-refractivity contribution >= 4 is 55.7 Å². The average Bonchev–Trinajstić information content (AvgIpc) is 3.22. The Bertz CT molecular complexity index is 1730. The molecule has 0 spiro atoms. The van der Waals surface area contributed by atoms with Crippen molar-refractivity contribution < 1.29 is 23.9 Å². The van der Waals surface area contributed by atoms with Gasteiger partial charge in [-0.1, -0.05) is 70.5 Å². The fourth-order valence-electron chi connectivity index (χ4n) is 6.35. The molecule has 1 aliphatic carbocycles. The number of methoxy groups -OCH3 is 1. The van der Waals surface area contributed by atoms with Crippen molar-refractivity contribution in [1.29, 1.82) is 0 Å². The third-order valence-electron chi connectivity index (χ3n) is 8.05. The van der Waals surface area contributed by atoms with Crippen molar-refractivity contribution in [3.05, 3.63) is 107 Å². The van der Waals surface area contributed by atoms with E-state index in [9.17, 15) is 14.4 Å². The number of ether oxygens (including phenoxy) is 2. The van der Waals surface area contributed by atoms with Crippen LogP contribution in [-0.4, -0.2) is 24.9 Å². The van der Waals surface area contributed by atoms with Crippen molar-refractivity contribution in [3.63, 3.8) is 0 Å². The van der Waals surface area contributed by atoms with Crippen molar-refractivity contribution in [3.8, 4) is 11.5 Å². The van der Waals surface area contributed by atoms with Gasteiger partial charge < -0.3 is 9.47 Å². The summed E-state index contributed by atoms with van der Waals surface area (Å²) < 4.78 is 11.9. The number of amides is 2. The lowest BCUT2D eigenvalue weighted by Gasteiger charge is -2.38. The minimum atomic E-state index is -0.900. The molecule has 0 bridgehead atoms. The third kappa shape index (κ3) is 3.57. The van der Waals surface area contributed by atoms with Crippen molar-refractivity contribution in [2.75, 3.05) is 12.0 Å². The van der Waals surface area contributed by atoms with E-state index in [0.29, 0.717) is 17.2 Å². The molecule has 39 heavy (non-hydrogen) atoms. The first-order valence-electron chi connectivity index (χ1n) is 12.7. The number of hydrogen-bond acceptors (Lipinski definition) is 5. The summed E-state index contributed by atoms with van der Waals surface area (Å²) in [6.45, 7) is 0. The van der Waals surface area contributed by atoms with E-state index in [2.05, 4.69) is 15.9 Å². The topological polar surface area (TPSA) is 72.9 Å². The lowest BCUT2D eigenvalue weighted by Crippen LogP contribution is -2.42. The predicted octanol–water partition coefficient (Wildman–Crippen LogP) is 6.13. The van der Waals surface area contributed by atoms with E-state index in [1.165, 1.54) is 4.90 Å². The first-order valence-corrected chi connectivity index (χ1v) is 13.5. The quantitative estimate of drug-likeness (QED) is 0.166. The fraction of sp³-hybridized carbons (Fsp3) is 0.156. The van der Waals surface area contributed by atoms with Crippen LogP contribution in [0.5, 0.6) is 11.5 Å². The minimum Gasteiger partial charge on any atom is -0.497 e. The zero-order valence-electron chi connectivity index (χ0n) is 20.8. The van der Waals surface area contributed by atoms with Gasteiger partial charge in [0.2, 0.25) is 11.8 Å². The maximum Gasteiger partial charge on any atom is 0.319 e. The summed E-state index contributed by atoms with van der Waals surface area (Å²) in [6.07, 6.45) is 2.01. The van der Waals surface area contributed by atoms with Crippen LogP contribution >= 0.6 is 15.9 Å². The molecule has 7 rings (SSSR count). The number of esters is 1. The highest BCUT2D eigenvalue weighted by Crippen LogP contribution is 2.55. The summed E-state index contributed by atoms with van der Waals surface area (Å²) in [5.41, 5.74) is 2.88. The van der Waals surface area contributed by atoms with Gasteiger partial charge in [-0.15, -0.1) is 0 Å². The molecule has 0 aromatic heterocycles. The monoisotopic (exact) mass is 579 g/mol. The van der Waals surface area contributed by atoms with Gasteiger partial charge in [-0.25, -0.2) is 4.90 Å². The smallest absolute Gasteiger partial charge is 0.319 e. The molecule has 4 aromatic carbocycles. The van der Waals surface area contributed by atoms with Gasteiger partial charge in [0.05, 0.1) is 30.6 Å². The number of carbonyl (C=O) groups is 3. The molecule has 4 aromatic rings. The first-order chi connectivity index (χ1) is 19.0. The van der Waals surface area contributed by atoms with E-state index < -0.39 is 35.5 Å². The second-order valence-corrected chi connectivity index (χ2v) is 10.9. The Morgan fingerprint density at radius 1 is 0.846 bits per heavy atom. The zero-order chi connectivity index (χ0) is 26.8. The predicted molar refractivity (Wildman–Crippen MR) is 150 cm³/mol. The zero-order valence-corrected chi connectivity index (χ0v) is 22.4. The first kappa shape index (κ1) is 23.9. The molecule has 7 heteroatoms. The summed E-state index contributed by atoms with van der Waals surface area (Å²) in [6, 6.07) is 26.3. The molecule has 2 heterocycles. The summed E-state index contributed by atoms with van der Waals surface area (Å²) in [4.78, 5) is 43.1. The molecule has 0 N–H and O–H groups in total. The average molecular weight is 580 g/mol.